The summed E-state index contributed by atoms with van der Waals surface area (Å²) in [6.45, 7) is 2.03. The molecule has 1 aliphatic rings. The van der Waals surface area contributed by atoms with E-state index in [0.29, 0.717) is 12.2 Å². The predicted molar refractivity (Wildman–Crippen MR) is 105 cm³/mol. The molecule has 1 atom stereocenters. The lowest BCUT2D eigenvalue weighted by molar-refractivity contribution is -0.117. The number of hydrogen-bond donors (Lipinski definition) is 2. The number of methoxy groups -OCH3 is 1. The summed E-state index contributed by atoms with van der Waals surface area (Å²) in [5.41, 5.74) is 0.627. The van der Waals surface area contributed by atoms with Crippen LogP contribution < -0.4 is 14.8 Å². The number of amides is 1. The topological polar surface area (TPSA) is 106 Å². The van der Waals surface area contributed by atoms with Gasteiger partial charge in [0.15, 0.2) is 11.6 Å². The SMILES string of the molecule is COCCOc1ccc(NC(=O)[C@H](C)N=C2NS(=O)(=O)c3ccccc32)cc1F. The molecule has 1 aliphatic heterocycles. The maximum absolute atomic E-state index is 14.1. The van der Waals surface area contributed by atoms with Gasteiger partial charge in [-0.1, -0.05) is 12.1 Å². The molecule has 0 spiro atoms. The molecule has 3 rings (SSSR count). The number of nitrogens with zero attached hydrogens (tertiary/aromatic N) is 1. The number of carbonyl (C=O) groups is 1. The summed E-state index contributed by atoms with van der Waals surface area (Å²) in [4.78, 5) is 16.7. The number of nitrogens with one attached hydrogen (secondary N) is 2. The molecule has 0 bridgehead atoms. The highest BCUT2D eigenvalue weighted by Gasteiger charge is 2.31. The summed E-state index contributed by atoms with van der Waals surface area (Å²) < 4.78 is 50.7. The van der Waals surface area contributed by atoms with Crippen molar-refractivity contribution in [3.05, 3.63) is 53.8 Å². The minimum atomic E-state index is -3.69. The number of rotatable bonds is 7. The van der Waals surface area contributed by atoms with E-state index in [0.717, 1.165) is 6.07 Å². The third-order valence-electron chi connectivity index (χ3n) is 4.11. The van der Waals surface area contributed by atoms with Gasteiger partial charge in [0.05, 0.1) is 11.5 Å². The summed E-state index contributed by atoms with van der Waals surface area (Å²) in [7, 11) is -2.18. The fourth-order valence-electron chi connectivity index (χ4n) is 2.66. The Kier molecular flexibility index (Phi) is 6.14. The van der Waals surface area contributed by atoms with E-state index in [2.05, 4.69) is 15.0 Å². The van der Waals surface area contributed by atoms with E-state index in [4.69, 9.17) is 9.47 Å². The number of amidine groups is 1. The maximum atomic E-state index is 14.1. The smallest absolute Gasteiger partial charge is 0.263 e. The third kappa shape index (κ3) is 4.72. The standard InChI is InChI=1S/C19H20FN3O5S/c1-12(21-18-14-5-3-4-6-17(14)29(25,26)23-18)19(24)22-13-7-8-16(15(20)11-13)28-10-9-27-2/h3-8,11-12H,9-10H2,1-2H3,(H,21,23)(H,22,24)/t12-/m0/s1. The number of aliphatic imine (C=N–C) groups is 1. The Balaban J connectivity index is 1.70. The van der Waals surface area contributed by atoms with Gasteiger partial charge >= 0.3 is 0 Å². The Hall–Kier alpha value is -2.98. The van der Waals surface area contributed by atoms with Crippen LogP contribution in [0.2, 0.25) is 0 Å². The Labute approximate surface area is 167 Å². The molecule has 2 aromatic rings. The lowest BCUT2D eigenvalue weighted by Gasteiger charge is -2.11. The van der Waals surface area contributed by atoms with Gasteiger partial charge in [0.25, 0.3) is 10.0 Å². The van der Waals surface area contributed by atoms with Crippen molar-refractivity contribution >= 4 is 27.5 Å². The van der Waals surface area contributed by atoms with Crippen LogP contribution in [0.4, 0.5) is 10.1 Å². The molecule has 0 aromatic heterocycles. The number of benzene rings is 2. The Morgan fingerprint density at radius 3 is 2.72 bits per heavy atom. The van der Waals surface area contributed by atoms with E-state index in [1.54, 1.807) is 18.2 Å². The van der Waals surface area contributed by atoms with Crippen molar-refractivity contribution < 1.29 is 27.1 Å². The Morgan fingerprint density at radius 2 is 2.00 bits per heavy atom. The second kappa shape index (κ2) is 8.58. The van der Waals surface area contributed by atoms with Crippen molar-refractivity contribution in [3.63, 3.8) is 0 Å². The summed E-state index contributed by atoms with van der Waals surface area (Å²) in [6.07, 6.45) is 0. The average molecular weight is 421 g/mol. The number of anilines is 1. The predicted octanol–water partition coefficient (Wildman–Crippen LogP) is 1.92. The van der Waals surface area contributed by atoms with Crippen LogP contribution in [0.1, 0.15) is 12.5 Å². The third-order valence-corrected chi connectivity index (χ3v) is 5.51. The number of fused-ring (bicyclic) bond motifs is 1. The van der Waals surface area contributed by atoms with Crippen LogP contribution >= 0.6 is 0 Å². The van der Waals surface area contributed by atoms with Crippen molar-refractivity contribution in [2.75, 3.05) is 25.6 Å². The monoisotopic (exact) mass is 421 g/mol. The highest BCUT2D eigenvalue weighted by molar-refractivity contribution is 7.90. The summed E-state index contributed by atoms with van der Waals surface area (Å²) in [6, 6.07) is 9.47. The van der Waals surface area contributed by atoms with Gasteiger partial charge in [0.1, 0.15) is 18.5 Å². The van der Waals surface area contributed by atoms with Gasteiger partial charge in [-0.05, 0) is 31.2 Å². The molecule has 0 unspecified atom stereocenters. The quantitative estimate of drug-likeness (QED) is 0.665. The molecular weight excluding hydrogens is 401 g/mol. The number of sulfonamides is 1. The zero-order valence-electron chi connectivity index (χ0n) is 15.8. The van der Waals surface area contributed by atoms with Gasteiger partial charge < -0.3 is 14.8 Å². The van der Waals surface area contributed by atoms with E-state index < -0.39 is 27.8 Å². The number of halogens is 1. The fraction of sp³-hybridized carbons (Fsp3) is 0.263. The Morgan fingerprint density at radius 1 is 1.24 bits per heavy atom. The molecular formula is C19H20FN3O5S. The minimum Gasteiger partial charge on any atom is -0.488 e. The second-order valence-corrected chi connectivity index (χ2v) is 7.88. The number of hydrogen-bond acceptors (Lipinski definition) is 6. The van der Waals surface area contributed by atoms with Crippen molar-refractivity contribution in [3.8, 4) is 5.75 Å². The van der Waals surface area contributed by atoms with Crippen LogP contribution in [0.25, 0.3) is 0 Å². The zero-order chi connectivity index (χ0) is 21.0. The molecule has 2 aromatic carbocycles. The van der Waals surface area contributed by atoms with E-state index in [1.165, 1.54) is 32.2 Å². The van der Waals surface area contributed by atoms with E-state index in [9.17, 15) is 17.6 Å². The molecule has 0 saturated heterocycles. The van der Waals surface area contributed by atoms with Gasteiger partial charge in [0, 0.05) is 24.4 Å². The van der Waals surface area contributed by atoms with Gasteiger partial charge in [-0.15, -0.1) is 0 Å². The summed E-state index contributed by atoms with van der Waals surface area (Å²) >= 11 is 0. The first-order chi connectivity index (χ1) is 13.8. The van der Waals surface area contributed by atoms with E-state index in [1.807, 2.05) is 0 Å². The first kappa shape index (κ1) is 20.7. The fourth-order valence-corrected chi connectivity index (χ4v) is 3.90. The molecule has 0 saturated carbocycles. The molecule has 10 heteroatoms. The molecule has 0 aliphatic carbocycles. The minimum absolute atomic E-state index is 0.0466. The highest BCUT2D eigenvalue weighted by Crippen LogP contribution is 2.23. The molecule has 154 valence electrons. The van der Waals surface area contributed by atoms with Gasteiger partial charge in [0.2, 0.25) is 5.91 Å². The number of ether oxygens (including phenoxy) is 2. The molecule has 0 radical (unpaired) electrons. The molecule has 29 heavy (non-hydrogen) atoms. The van der Waals surface area contributed by atoms with E-state index in [-0.39, 0.29) is 28.8 Å². The van der Waals surface area contributed by atoms with Crippen molar-refractivity contribution in [2.45, 2.75) is 17.9 Å². The van der Waals surface area contributed by atoms with Crippen LogP contribution in [0, 0.1) is 5.82 Å². The van der Waals surface area contributed by atoms with Crippen LogP contribution in [0.5, 0.6) is 5.75 Å². The van der Waals surface area contributed by atoms with Crippen molar-refractivity contribution in [1.29, 1.82) is 0 Å². The largest absolute Gasteiger partial charge is 0.488 e. The molecule has 1 amide bonds. The first-order valence-electron chi connectivity index (χ1n) is 8.74. The van der Waals surface area contributed by atoms with E-state index >= 15 is 0 Å². The van der Waals surface area contributed by atoms with Crippen LogP contribution in [-0.2, 0) is 19.6 Å². The molecule has 2 N–H and O–H groups in total. The normalized spacial score (nSPS) is 16.7. The molecule has 1 heterocycles. The van der Waals surface area contributed by atoms with Crippen LogP contribution in [0.3, 0.4) is 0 Å². The van der Waals surface area contributed by atoms with Crippen molar-refractivity contribution in [2.24, 2.45) is 4.99 Å². The van der Waals surface area contributed by atoms with Gasteiger partial charge in [-0.25, -0.2) is 12.8 Å². The second-order valence-electron chi connectivity index (χ2n) is 6.23. The summed E-state index contributed by atoms with van der Waals surface area (Å²) in [5.74, 6) is -1.01. The lowest BCUT2D eigenvalue weighted by Crippen LogP contribution is -2.28. The van der Waals surface area contributed by atoms with Crippen LogP contribution in [-0.4, -0.2) is 46.5 Å². The average Bonchev–Trinajstić information content (AvgIpc) is 2.94. The van der Waals surface area contributed by atoms with Crippen LogP contribution in [0.15, 0.2) is 52.4 Å². The summed E-state index contributed by atoms with van der Waals surface area (Å²) in [5, 5.41) is 2.55. The lowest BCUT2D eigenvalue weighted by atomic mass is 10.2. The zero-order valence-corrected chi connectivity index (χ0v) is 16.6. The van der Waals surface area contributed by atoms with Crippen molar-refractivity contribution in [1.82, 2.24) is 4.72 Å². The van der Waals surface area contributed by atoms with Gasteiger partial charge in [-0.3, -0.25) is 14.5 Å². The molecule has 0 fully saturated rings. The van der Waals surface area contributed by atoms with Gasteiger partial charge in [-0.2, -0.15) is 0 Å². The number of carbonyl (C=O) groups excluding carboxylic acids is 1. The Bertz CT molecular complexity index is 1060. The maximum Gasteiger partial charge on any atom is 0.263 e. The highest BCUT2D eigenvalue weighted by atomic mass is 32.2. The first-order valence-corrected chi connectivity index (χ1v) is 10.2. The molecule has 8 nitrogen and oxygen atoms in total.